The molecule has 2 N–H and O–H groups in total. The Morgan fingerprint density at radius 3 is 2.33 bits per heavy atom. The van der Waals surface area contributed by atoms with Crippen molar-refractivity contribution in [2.75, 3.05) is 0 Å². The number of hydrogen-bond acceptors (Lipinski definition) is 1. The van der Waals surface area contributed by atoms with Gasteiger partial charge in [0.2, 0.25) is 0 Å². The van der Waals surface area contributed by atoms with E-state index in [1.165, 1.54) is 0 Å². The van der Waals surface area contributed by atoms with Crippen LogP contribution in [0.5, 0.6) is 0 Å². The third-order valence-electron chi connectivity index (χ3n) is 3.67. The van der Waals surface area contributed by atoms with Crippen LogP contribution in [0.15, 0.2) is 12.1 Å². The fraction of sp³-hybridized carbons (Fsp3) is 0.538. The molecule has 1 aliphatic rings. The van der Waals surface area contributed by atoms with Crippen LogP contribution in [-0.4, -0.2) is 0 Å². The highest BCUT2D eigenvalue weighted by atomic mass is 19.1. The standard InChI is InChI=1S/C13H18FN/c1-9-7-11(8-12(14)10(9)2)13(15)5-3-4-6-13/h7-8H,3-6,15H2,1-2H3. The van der Waals surface area contributed by atoms with Crippen LogP contribution in [0.2, 0.25) is 0 Å². The van der Waals surface area contributed by atoms with Crippen LogP contribution in [-0.2, 0) is 5.54 Å². The van der Waals surface area contributed by atoms with E-state index in [1.54, 1.807) is 6.07 Å². The molecule has 82 valence electrons. The molecule has 0 bridgehead atoms. The molecule has 2 rings (SSSR count). The first-order valence-electron chi connectivity index (χ1n) is 5.59. The second-order valence-electron chi connectivity index (χ2n) is 4.76. The predicted molar refractivity (Wildman–Crippen MR) is 60.2 cm³/mol. The Bertz CT molecular complexity index is 355. The molecular weight excluding hydrogens is 189 g/mol. The minimum atomic E-state index is -0.278. The second-order valence-corrected chi connectivity index (χ2v) is 4.76. The van der Waals surface area contributed by atoms with Crippen molar-refractivity contribution < 1.29 is 4.39 Å². The topological polar surface area (TPSA) is 26.0 Å². The maximum absolute atomic E-state index is 13.6. The van der Waals surface area contributed by atoms with Gasteiger partial charge >= 0.3 is 0 Å². The maximum Gasteiger partial charge on any atom is 0.126 e. The summed E-state index contributed by atoms with van der Waals surface area (Å²) < 4.78 is 13.6. The SMILES string of the molecule is Cc1cc(C2(N)CCCC2)cc(F)c1C. The van der Waals surface area contributed by atoms with Gasteiger partial charge in [-0.2, -0.15) is 0 Å². The monoisotopic (exact) mass is 207 g/mol. The molecule has 0 unspecified atom stereocenters. The number of aryl methyl sites for hydroxylation is 1. The summed E-state index contributed by atoms with van der Waals surface area (Å²) in [6, 6.07) is 3.66. The van der Waals surface area contributed by atoms with Crippen molar-refractivity contribution in [3.05, 3.63) is 34.6 Å². The van der Waals surface area contributed by atoms with Gasteiger partial charge in [0.25, 0.3) is 0 Å². The Morgan fingerprint density at radius 2 is 1.80 bits per heavy atom. The van der Waals surface area contributed by atoms with E-state index >= 15 is 0 Å². The Labute approximate surface area is 90.5 Å². The molecule has 0 aliphatic heterocycles. The summed E-state index contributed by atoms with van der Waals surface area (Å²) in [5.74, 6) is -0.123. The van der Waals surface area contributed by atoms with Crippen LogP contribution in [0.4, 0.5) is 4.39 Å². The van der Waals surface area contributed by atoms with Gasteiger partial charge in [-0.1, -0.05) is 18.9 Å². The minimum Gasteiger partial charge on any atom is -0.321 e. The molecular formula is C13H18FN. The Balaban J connectivity index is 2.45. The maximum atomic E-state index is 13.6. The predicted octanol–water partition coefficient (Wildman–Crippen LogP) is 3.17. The molecule has 0 atom stereocenters. The quantitative estimate of drug-likeness (QED) is 0.752. The van der Waals surface area contributed by atoms with E-state index in [0.29, 0.717) is 0 Å². The summed E-state index contributed by atoms with van der Waals surface area (Å²) in [7, 11) is 0. The zero-order chi connectivity index (χ0) is 11.1. The molecule has 0 saturated heterocycles. The lowest BCUT2D eigenvalue weighted by molar-refractivity contribution is 0.457. The van der Waals surface area contributed by atoms with E-state index in [-0.39, 0.29) is 11.4 Å². The number of halogens is 1. The summed E-state index contributed by atoms with van der Waals surface area (Å²) >= 11 is 0. The number of nitrogens with two attached hydrogens (primary N) is 1. The molecule has 2 heteroatoms. The average molecular weight is 207 g/mol. The third kappa shape index (κ3) is 1.78. The number of benzene rings is 1. The van der Waals surface area contributed by atoms with E-state index in [9.17, 15) is 4.39 Å². The van der Waals surface area contributed by atoms with Crippen LogP contribution < -0.4 is 5.73 Å². The molecule has 1 aliphatic carbocycles. The molecule has 1 fully saturated rings. The molecule has 0 heterocycles. The molecule has 1 nitrogen and oxygen atoms in total. The first-order valence-corrected chi connectivity index (χ1v) is 5.59. The van der Waals surface area contributed by atoms with E-state index in [4.69, 9.17) is 5.73 Å². The van der Waals surface area contributed by atoms with Crippen molar-refractivity contribution in [1.29, 1.82) is 0 Å². The van der Waals surface area contributed by atoms with Gasteiger partial charge in [0.05, 0.1) is 0 Å². The molecule has 0 radical (unpaired) electrons. The summed E-state index contributed by atoms with van der Waals surface area (Å²) in [5, 5.41) is 0. The number of rotatable bonds is 1. The summed E-state index contributed by atoms with van der Waals surface area (Å²) in [6.45, 7) is 3.76. The average Bonchev–Trinajstić information content (AvgIpc) is 2.62. The normalized spacial score (nSPS) is 19.5. The van der Waals surface area contributed by atoms with Crippen LogP contribution in [0, 0.1) is 19.7 Å². The van der Waals surface area contributed by atoms with Crippen molar-refractivity contribution in [3.63, 3.8) is 0 Å². The van der Waals surface area contributed by atoms with Gasteiger partial charge in [-0.15, -0.1) is 0 Å². The summed E-state index contributed by atoms with van der Waals surface area (Å²) in [5.41, 5.74) is 8.73. The molecule has 0 amide bonds. The Hall–Kier alpha value is -0.890. The first kappa shape index (κ1) is 10.6. The molecule has 1 aromatic carbocycles. The third-order valence-corrected chi connectivity index (χ3v) is 3.67. The zero-order valence-corrected chi connectivity index (χ0v) is 9.44. The van der Waals surface area contributed by atoms with Gasteiger partial charge in [0.1, 0.15) is 5.82 Å². The van der Waals surface area contributed by atoms with Gasteiger partial charge in [0.15, 0.2) is 0 Å². The van der Waals surface area contributed by atoms with Crippen LogP contribution in [0.25, 0.3) is 0 Å². The van der Waals surface area contributed by atoms with Crippen molar-refractivity contribution >= 4 is 0 Å². The van der Waals surface area contributed by atoms with Gasteiger partial charge in [-0.05, 0) is 49.4 Å². The summed E-state index contributed by atoms with van der Waals surface area (Å²) in [4.78, 5) is 0. The largest absolute Gasteiger partial charge is 0.321 e. The van der Waals surface area contributed by atoms with Crippen molar-refractivity contribution in [2.45, 2.75) is 45.1 Å². The highest BCUT2D eigenvalue weighted by molar-refractivity contribution is 5.35. The lowest BCUT2D eigenvalue weighted by Crippen LogP contribution is -2.33. The molecule has 0 spiro atoms. The van der Waals surface area contributed by atoms with E-state index in [2.05, 4.69) is 0 Å². The highest BCUT2D eigenvalue weighted by Gasteiger charge is 2.31. The van der Waals surface area contributed by atoms with Crippen LogP contribution >= 0.6 is 0 Å². The second kappa shape index (κ2) is 3.60. The van der Waals surface area contributed by atoms with Gasteiger partial charge < -0.3 is 5.73 Å². The van der Waals surface area contributed by atoms with Crippen molar-refractivity contribution in [2.24, 2.45) is 5.73 Å². The molecule has 0 aromatic heterocycles. The lowest BCUT2D eigenvalue weighted by Gasteiger charge is -2.25. The van der Waals surface area contributed by atoms with Gasteiger partial charge in [-0.3, -0.25) is 0 Å². The van der Waals surface area contributed by atoms with Gasteiger partial charge in [0, 0.05) is 5.54 Å². The van der Waals surface area contributed by atoms with Crippen molar-refractivity contribution in [1.82, 2.24) is 0 Å². The smallest absolute Gasteiger partial charge is 0.126 e. The zero-order valence-electron chi connectivity index (χ0n) is 9.44. The minimum absolute atomic E-state index is 0.123. The van der Waals surface area contributed by atoms with Crippen LogP contribution in [0.3, 0.4) is 0 Å². The first-order chi connectivity index (χ1) is 7.03. The molecule has 1 saturated carbocycles. The van der Waals surface area contributed by atoms with Crippen LogP contribution in [0.1, 0.15) is 42.4 Å². The van der Waals surface area contributed by atoms with Crippen molar-refractivity contribution in [3.8, 4) is 0 Å². The fourth-order valence-electron chi connectivity index (χ4n) is 2.40. The van der Waals surface area contributed by atoms with E-state index in [0.717, 1.165) is 42.4 Å². The molecule has 15 heavy (non-hydrogen) atoms. The highest BCUT2D eigenvalue weighted by Crippen LogP contribution is 2.37. The lowest BCUT2D eigenvalue weighted by atomic mass is 9.87. The van der Waals surface area contributed by atoms with E-state index < -0.39 is 0 Å². The molecule has 1 aromatic rings. The number of hydrogen-bond donors (Lipinski definition) is 1. The Morgan fingerprint density at radius 1 is 1.20 bits per heavy atom. The van der Waals surface area contributed by atoms with E-state index in [1.807, 2.05) is 19.9 Å². The Kier molecular flexibility index (Phi) is 2.55. The summed E-state index contributed by atoms with van der Waals surface area (Å²) in [6.07, 6.45) is 4.28. The fourth-order valence-corrected chi connectivity index (χ4v) is 2.40. The van der Waals surface area contributed by atoms with Gasteiger partial charge in [-0.25, -0.2) is 4.39 Å².